The molecule has 128 valence electrons. The number of ether oxygens (including phenoxy) is 1. The molecule has 0 saturated heterocycles. The molecule has 0 aliphatic heterocycles. The summed E-state index contributed by atoms with van der Waals surface area (Å²) in [6, 6.07) is 6.75. The smallest absolute Gasteiger partial charge is 0.328 e. The number of halogens is 1. The molecule has 24 heavy (non-hydrogen) atoms. The summed E-state index contributed by atoms with van der Waals surface area (Å²) in [6.07, 6.45) is 3.08. The summed E-state index contributed by atoms with van der Waals surface area (Å²) < 4.78 is 6.34. The van der Waals surface area contributed by atoms with Gasteiger partial charge in [0.1, 0.15) is 6.04 Å². The van der Waals surface area contributed by atoms with Gasteiger partial charge in [0.05, 0.1) is 25.4 Å². The summed E-state index contributed by atoms with van der Waals surface area (Å²) in [4.78, 5) is 24.0. The second-order valence-corrected chi connectivity index (χ2v) is 6.14. The van der Waals surface area contributed by atoms with Gasteiger partial charge < -0.3 is 10.1 Å². The summed E-state index contributed by atoms with van der Waals surface area (Å²) >= 11 is 6.13. The highest BCUT2D eigenvalue weighted by Gasteiger charge is 2.25. The highest BCUT2D eigenvalue weighted by atomic mass is 35.5. The lowest BCUT2D eigenvalue weighted by Gasteiger charge is -2.19. The molecule has 1 aromatic carbocycles. The van der Waals surface area contributed by atoms with Crippen LogP contribution in [0.25, 0.3) is 0 Å². The zero-order valence-electron chi connectivity index (χ0n) is 13.8. The molecule has 2 rings (SSSR count). The SMILES string of the molecule is COC(=O)[C@@H](NC(=O)c1cnn(Cc2ccccc2Cl)c1)C(C)C. The molecule has 1 heterocycles. The lowest BCUT2D eigenvalue weighted by Crippen LogP contribution is -2.44. The van der Waals surface area contributed by atoms with E-state index in [1.165, 1.54) is 13.3 Å². The molecule has 2 aromatic rings. The molecule has 7 heteroatoms. The number of nitrogens with one attached hydrogen (secondary N) is 1. The molecule has 1 atom stereocenters. The summed E-state index contributed by atoms with van der Waals surface area (Å²) in [5.74, 6) is -0.925. The van der Waals surface area contributed by atoms with E-state index < -0.39 is 12.0 Å². The number of benzene rings is 1. The van der Waals surface area contributed by atoms with Crippen molar-refractivity contribution in [1.82, 2.24) is 15.1 Å². The van der Waals surface area contributed by atoms with Gasteiger partial charge in [-0.2, -0.15) is 5.10 Å². The second kappa shape index (κ2) is 7.97. The minimum atomic E-state index is -0.700. The van der Waals surface area contributed by atoms with Crippen LogP contribution in [0.2, 0.25) is 5.02 Å². The fourth-order valence-electron chi connectivity index (χ4n) is 2.22. The van der Waals surface area contributed by atoms with E-state index in [0.29, 0.717) is 17.1 Å². The number of aromatic nitrogens is 2. The van der Waals surface area contributed by atoms with E-state index in [0.717, 1.165) is 5.56 Å². The van der Waals surface area contributed by atoms with Crippen molar-refractivity contribution in [2.45, 2.75) is 26.4 Å². The van der Waals surface area contributed by atoms with Gasteiger partial charge in [-0.3, -0.25) is 9.48 Å². The first-order valence-corrected chi connectivity index (χ1v) is 7.94. The highest BCUT2D eigenvalue weighted by Crippen LogP contribution is 2.16. The topological polar surface area (TPSA) is 73.2 Å². The largest absolute Gasteiger partial charge is 0.467 e. The standard InChI is InChI=1S/C17H20ClN3O3/c1-11(2)15(17(23)24-3)20-16(22)13-8-19-21(10-13)9-12-6-4-5-7-14(12)18/h4-8,10-11,15H,9H2,1-3H3,(H,20,22)/t15-/m0/s1. The quantitative estimate of drug-likeness (QED) is 0.813. The zero-order valence-corrected chi connectivity index (χ0v) is 14.6. The Kier molecular flexibility index (Phi) is 5.98. The molecular weight excluding hydrogens is 330 g/mol. The Morgan fingerprint density at radius 2 is 2.04 bits per heavy atom. The third-order valence-corrected chi connectivity index (χ3v) is 3.96. The maximum atomic E-state index is 12.3. The highest BCUT2D eigenvalue weighted by molar-refractivity contribution is 6.31. The minimum absolute atomic E-state index is 0.0837. The fourth-order valence-corrected chi connectivity index (χ4v) is 2.41. The number of nitrogens with zero attached hydrogens (tertiary/aromatic N) is 2. The molecule has 0 saturated carbocycles. The molecule has 6 nitrogen and oxygen atoms in total. The van der Waals surface area contributed by atoms with E-state index in [2.05, 4.69) is 10.4 Å². The van der Waals surface area contributed by atoms with Crippen LogP contribution in [0, 0.1) is 5.92 Å². The van der Waals surface area contributed by atoms with E-state index in [9.17, 15) is 9.59 Å². The van der Waals surface area contributed by atoms with E-state index in [1.54, 1.807) is 16.9 Å². The monoisotopic (exact) mass is 349 g/mol. The predicted molar refractivity (Wildman–Crippen MR) is 90.9 cm³/mol. The van der Waals surface area contributed by atoms with Gasteiger partial charge in [0.15, 0.2) is 0 Å². The predicted octanol–water partition coefficient (Wildman–Crippen LogP) is 2.51. The lowest BCUT2D eigenvalue weighted by molar-refractivity contribution is -0.144. The average Bonchev–Trinajstić information content (AvgIpc) is 3.02. The molecule has 0 radical (unpaired) electrons. The Hall–Kier alpha value is -2.34. The van der Waals surface area contributed by atoms with E-state index in [-0.39, 0.29) is 11.8 Å². The minimum Gasteiger partial charge on any atom is -0.467 e. The van der Waals surface area contributed by atoms with Crippen LogP contribution < -0.4 is 5.32 Å². The summed E-state index contributed by atoms with van der Waals surface area (Å²) in [7, 11) is 1.30. The number of methoxy groups -OCH3 is 1. The van der Waals surface area contributed by atoms with E-state index >= 15 is 0 Å². The first-order chi connectivity index (χ1) is 11.4. The van der Waals surface area contributed by atoms with Crippen molar-refractivity contribution in [1.29, 1.82) is 0 Å². The van der Waals surface area contributed by atoms with Crippen molar-refractivity contribution in [3.05, 3.63) is 52.8 Å². The maximum Gasteiger partial charge on any atom is 0.328 e. The molecule has 0 aliphatic carbocycles. The number of hydrogen-bond donors (Lipinski definition) is 1. The second-order valence-electron chi connectivity index (χ2n) is 5.74. The van der Waals surface area contributed by atoms with E-state index in [4.69, 9.17) is 16.3 Å². The lowest BCUT2D eigenvalue weighted by atomic mass is 10.0. The number of carbonyl (C=O) groups is 2. The number of amides is 1. The van der Waals surface area contributed by atoms with Crippen LogP contribution in [-0.4, -0.2) is 34.8 Å². The van der Waals surface area contributed by atoms with Crippen molar-refractivity contribution in [2.24, 2.45) is 5.92 Å². The molecular formula is C17H20ClN3O3. The van der Waals surface area contributed by atoms with Crippen molar-refractivity contribution < 1.29 is 14.3 Å². The van der Waals surface area contributed by atoms with Gasteiger partial charge in [-0.05, 0) is 17.5 Å². The summed E-state index contributed by atoms with van der Waals surface area (Å²) in [5.41, 5.74) is 1.28. The normalized spacial score (nSPS) is 12.0. The molecule has 0 spiro atoms. The van der Waals surface area contributed by atoms with Gasteiger partial charge in [-0.25, -0.2) is 4.79 Å². The maximum absolute atomic E-state index is 12.3. The first-order valence-electron chi connectivity index (χ1n) is 7.57. The molecule has 0 aliphatic rings. The van der Waals surface area contributed by atoms with Crippen LogP contribution in [0.5, 0.6) is 0 Å². The Labute approximate surface area is 145 Å². The summed E-state index contributed by atoms with van der Waals surface area (Å²) in [5, 5.41) is 7.49. The van der Waals surface area contributed by atoms with Gasteiger partial charge >= 0.3 is 5.97 Å². The van der Waals surface area contributed by atoms with Crippen LogP contribution in [0.3, 0.4) is 0 Å². The van der Waals surface area contributed by atoms with E-state index in [1.807, 2.05) is 32.0 Å². The molecule has 1 aromatic heterocycles. The third kappa shape index (κ3) is 4.35. The molecule has 0 fully saturated rings. The Morgan fingerprint density at radius 1 is 1.33 bits per heavy atom. The molecule has 0 unspecified atom stereocenters. The average molecular weight is 350 g/mol. The van der Waals surface area contributed by atoms with Crippen molar-refractivity contribution in [2.75, 3.05) is 7.11 Å². The van der Waals surface area contributed by atoms with Gasteiger partial charge in [0.25, 0.3) is 5.91 Å². The Balaban J connectivity index is 2.08. The van der Waals surface area contributed by atoms with Crippen LogP contribution in [0.4, 0.5) is 0 Å². The molecule has 1 N–H and O–H groups in total. The Bertz CT molecular complexity index is 727. The third-order valence-electron chi connectivity index (χ3n) is 3.59. The van der Waals surface area contributed by atoms with Crippen LogP contribution >= 0.6 is 11.6 Å². The number of esters is 1. The summed E-state index contributed by atoms with van der Waals surface area (Å²) in [6.45, 7) is 4.13. The number of rotatable bonds is 6. The number of hydrogen-bond acceptors (Lipinski definition) is 4. The first kappa shape index (κ1) is 18.0. The Morgan fingerprint density at radius 3 is 2.67 bits per heavy atom. The van der Waals surface area contributed by atoms with Crippen LogP contribution in [-0.2, 0) is 16.1 Å². The van der Waals surface area contributed by atoms with Gasteiger partial charge in [-0.1, -0.05) is 43.6 Å². The van der Waals surface area contributed by atoms with Crippen molar-refractivity contribution in [3.8, 4) is 0 Å². The molecule has 1 amide bonds. The van der Waals surface area contributed by atoms with Gasteiger partial charge in [0.2, 0.25) is 0 Å². The fraction of sp³-hybridized carbons (Fsp3) is 0.353. The van der Waals surface area contributed by atoms with Crippen LogP contribution in [0.1, 0.15) is 29.8 Å². The van der Waals surface area contributed by atoms with Crippen molar-refractivity contribution in [3.63, 3.8) is 0 Å². The zero-order chi connectivity index (χ0) is 17.7. The number of carbonyl (C=O) groups excluding carboxylic acids is 2. The van der Waals surface area contributed by atoms with Gasteiger partial charge in [-0.15, -0.1) is 0 Å². The molecule has 0 bridgehead atoms. The van der Waals surface area contributed by atoms with Crippen LogP contribution in [0.15, 0.2) is 36.7 Å². The van der Waals surface area contributed by atoms with Gasteiger partial charge in [0, 0.05) is 11.2 Å². The van der Waals surface area contributed by atoms with Crippen molar-refractivity contribution >= 4 is 23.5 Å².